The normalized spacial score (nSPS) is 16.1. The summed E-state index contributed by atoms with van der Waals surface area (Å²) in [6, 6.07) is 12.2. The SMILES string of the molecule is Cc1cc(NC(=S)NC2(c3ccccn3)CCCC2)ccc1Br. The Morgan fingerprint density at radius 2 is 2.00 bits per heavy atom. The number of nitrogens with one attached hydrogen (secondary N) is 2. The summed E-state index contributed by atoms with van der Waals surface area (Å²) in [7, 11) is 0. The fraction of sp³-hybridized carbons (Fsp3) is 0.333. The number of aryl methyl sites for hydroxylation is 1. The largest absolute Gasteiger partial charge is 0.351 e. The van der Waals surface area contributed by atoms with Gasteiger partial charge in [0.05, 0.1) is 11.2 Å². The lowest BCUT2D eigenvalue weighted by Gasteiger charge is -2.31. The molecule has 0 spiro atoms. The molecule has 3 nitrogen and oxygen atoms in total. The van der Waals surface area contributed by atoms with Gasteiger partial charge in [-0.1, -0.05) is 34.8 Å². The molecular weight excluding hydrogens is 370 g/mol. The number of nitrogens with zero attached hydrogens (tertiary/aromatic N) is 1. The van der Waals surface area contributed by atoms with E-state index in [1.807, 2.05) is 30.5 Å². The molecule has 2 aromatic rings. The lowest BCUT2D eigenvalue weighted by atomic mass is 9.93. The highest BCUT2D eigenvalue weighted by Crippen LogP contribution is 2.37. The molecule has 0 amide bonds. The molecule has 2 N–H and O–H groups in total. The summed E-state index contributed by atoms with van der Waals surface area (Å²) < 4.78 is 1.10. The second kappa shape index (κ2) is 6.97. The maximum atomic E-state index is 5.56. The molecule has 1 aromatic carbocycles. The second-order valence-electron chi connectivity index (χ2n) is 6.05. The zero-order valence-electron chi connectivity index (χ0n) is 13.1. The first kappa shape index (κ1) is 16.4. The van der Waals surface area contributed by atoms with Gasteiger partial charge in [0.1, 0.15) is 0 Å². The fourth-order valence-corrected chi connectivity index (χ4v) is 3.73. The van der Waals surface area contributed by atoms with Crippen molar-refractivity contribution < 1.29 is 0 Å². The van der Waals surface area contributed by atoms with Crippen molar-refractivity contribution in [2.75, 3.05) is 5.32 Å². The van der Waals surface area contributed by atoms with Crippen LogP contribution in [0.15, 0.2) is 47.1 Å². The zero-order valence-corrected chi connectivity index (χ0v) is 15.5. The van der Waals surface area contributed by atoms with E-state index in [0.29, 0.717) is 5.11 Å². The van der Waals surface area contributed by atoms with Crippen molar-refractivity contribution in [3.05, 3.63) is 58.3 Å². The summed E-state index contributed by atoms with van der Waals surface area (Å²) in [5, 5.41) is 7.49. The third-order valence-corrected chi connectivity index (χ3v) is 5.47. The van der Waals surface area contributed by atoms with E-state index < -0.39 is 0 Å². The van der Waals surface area contributed by atoms with Crippen molar-refractivity contribution in [3.8, 4) is 0 Å². The molecule has 0 bridgehead atoms. The first-order valence-electron chi connectivity index (χ1n) is 7.86. The molecule has 1 aliphatic carbocycles. The summed E-state index contributed by atoms with van der Waals surface area (Å²) in [5.74, 6) is 0. The van der Waals surface area contributed by atoms with Gasteiger partial charge in [0, 0.05) is 16.4 Å². The summed E-state index contributed by atoms with van der Waals surface area (Å²) >= 11 is 9.08. The van der Waals surface area contributed by atoms with Crippen molar-refractivity contribution in [2.24, 2.45) is 0 Å². The lowest BCUT2D eigenvalue weighted by Crippen LogP contribution is -2.46. The predicted molar refractivity (Wildman–Crippen MR) is 103 cm³/mol. The van der Waals surface area contributed by atoms with Gasteiger partial charge in [-0.25, -0.2) is 0 Å². The maximum Gasteiger partial charge on any atom is 0.171 e. The van der Waals surface area contributed by atoms with E-state index in [0.717, 1.165) is 28.7 Å². The molecule has 1 heterocycles. The monoisotopic (exact) mass is 389 g/mol. The molecule has 1 fully saturated rings. The lowest BCUT2D eigenvalue weighted by molar-refractivity contribution is 0.396. The van der Waals surface area contributed by atoms with Gasteiger partial charge in [-0.05, 0) is 67.9 Å². The number of anilines is 1. The van der Waals surface area contributed by atoms with Gasteiger partial charge in [0.15, 0.2) is 5.11 Å². The van der Waals surface area contributed by atoms with E-state index in [1.165, 1.54) is 18.4 Å². The Hall–Kier alpha value is -1.46. The molecule has 0 aliphatic heterocycles. The molecule has 0 unspecified atom stereocenters. The van der Waals surface area contributed by atoms with Crippen LogP contribution < -0.4 is 10.6 Å². The zero-order chi connectivity index (χ0) is 16.3. The second-order valence-corrected chi connectivity index (χ2v) is 7.31. The van der Waals surface area contributed by atoms with Crippen LogP contribution in [0.5, 0.6) is 0 Å². The summed E-state index contributed by atoms with van der Waals surface area (Å²) in [6.45, 7) is 2.07. The molecule has 1 aromatic heterocycles. The van der Waals surface area contributed by atoms with Crippen molar-refractivity contribution >= 4 is 38.9 Å². The molecule has 0 atom stereocenters. The topological polar surface area (TPSA) is 37.0 Å². The number of benzene rings is 1. The average Bonchev–Trinajstić information content (AvgIpc) is 3.01. The van der Waals surface area contributed by atoms with E-state index >= 15 is 0 Å². The van der Waals surface area contributed by atoms with Gasteiger partial charge < -0.3 is 10.6 Å². The maximum absolute atomic E-state index is 5.56. The predicted octanol–water partition coefficient (Wildman–Crippen LogP) is 4.91. The van der Waals surface area contributed by atoms with E-state index in [1.54, 1.807) is 0 Å². The Kier molecular flexibility index (Phi) is 4.97. The number of rotatable bonds is 3. The Bertz CT molecular complexity index is 697. The highest BCUT2D eigenvalue weighted by Gasteiger charge is 2.37. The molecular formula is C18H20BrN3S. The summed E-state index contributed by atoms with van der Waals surface area (Å²) in [5.41, 5.74) is 3.11. The highest BCUT2D eigenvalue weighted by atomic mass is 79.9. The fourth-order valence-electron chi connectivity index (χ4n) is 3.17. The van der Waals surface area contributed by atoms with Crippen LogP contribution in [0.1, 0.15) is 36.9 Å². The van der Waals surface area contributed by atoms with Gasteiger partial charge in [-0.15, -0.1) is 0 Å². The van der Waals surface area contributed by atoms with Crippen LogP contribution in [0.2, 0.25) is 0 Å². The van der Waals surface area contributed by atoms with Crippen LogP contribution in [0, 0.1) is 6.92 Å². The molecule has 1 saturated carbocycles. The number of hydrogen-bond donors (Lipinski definition) is 2. The third-order valence-electron chi connectivity index (χ3n) is 4.38. The minimum Gasteiger partial charge on any atom is -0.351 e. The van der Waals surface area contributed by atoms with Crippen molar-refractivity contribution in [1.29, 1.82) is 0 Å². The van der Waals surface area contributed by atoms with Gasteiger partial charge in [0.25, 0.3) is 0 Å². The van der Waals surface area contributed by atoms with Gasteiger partial charge in [-0.2, -0.15) is 0 Å². The van der Waals surface area contributed by atoms with Crippen LogP contribution >= 0.6 is 28.1 Å². The Morgan fingerprint density at radius 3 is 2.65 bits per heavy atom. The van der Waals surface area contributed by atoms with Crippen molar-refractivity contribution in [2.45, 2.75) is 38.1 Å². The van der Waals surface area contributed by atoms with Crippen LogP contribution in [-0.2, 0) is 5.54 Å². The van der Waals surface area contributed by atoms with Crippen molar-refractivity contribution in [1.82, 2.24) is 10.3 Å². The Labute approximate surface area is 151 Å². The molecule has 0 saturated heterocycles. The molecule has 5 heteroatoms. The minimum absolute atomic E-state index is 0.143. The minimum atomic E-state index is -0.143. The first-order valence-corrected chi connectivity index (χ1v) is 9.06. The summed E-state index contributed by atoms with van der Waals surface area (Å²) in [4.78, 5) is 4.56. The van der Waals surface area contributed by atoms with Gasteiger partial charge >= 0.3 is 0 Å². The van der Waals surface area contributed by atoms with Gasteiger partial charge in [-0.3, -0.25) is 4.98 Å². The number of halogens is 1. The summed E-state index contributed by atoms with van der Waals surface area (Å²) in [6.07, 6.45) is 6.37. The first-order chi connectivity index (χ1) is 11.1. The number of aromatic nitrogens is 1. The molecule has 120 valence electrons. The highest BCUT2D eigenvalue weighted by molar-refractivity contribution is 9.10. The van der Waals surface area contributed by atoms with Crippen LogP contribution in [0.25, 0.3) is 0 Å². The molecule has 0 radical (unpaired) electrons. The smallest absolute Gasteiger partial charge is 0.171 e. The van der Waals surface area contributed by atoms with E-state index in [-0.39, 0.29) is 5.54 Å². The van der Waals surface area contributed by atoms with Crippen LogP contribution in [-0.4, -0.2) is 10.1 Å². The molecule has 23 heavy (non-hydrogen) atoms. The van der Waals surface area contributed by atoms with Crippen molar-refractivity contribution in [3.63, 3.8) is 0 Å². The molecule has 1 aliphatic rings. The average molecular weight is 390 g/mol. The van der Waals surface area contributed by atoms with E-state index in [9.17, 15) is 0 Å². The third kappa shape index (κ3) is 3.72. The van der Waals surface area contributed by atoms with Crippen LogP contribution in [0.3, 0.4) is 0 Å². The Morgan fingerprint density at radius 1 is 1.22 bits per heavy atom. The van der Waals surface area contributed by atoms with E-state index in [4.69, 9.17) is 12.2 Å². The number of thiocarbonyl (C=S) groups is 1. The quantitative estimate of drug-likeness (QED) is 0.731. The number of pyridine rings is 1. The van der Waals surface area contributed by atoms with Gasteiger partial charge in [0.2, 0.25) is 0 Å². The Balaban J connectivity index is 1.75. The van der Waals surface area contributed by atoms with Crippen LogP contribution in [0.4, 0.5) is 5.69 Å². The van der Waals surface area contributed by atoms with E-state index in [2.05, 4.69) is 50.6 Å². The molecule has 3 rings (SSSR count). The number of hydrogen-bond acceptors (Lipinski definition) is 2. The standard InChI is InChI=1S/C18H20BrN3S/c1-13-12-14(7-8-15(13)19)21-17(23)22-18(9-3-4-10-18)16-6-2-5-11-20-16/h2,5-8,11-12H,3-4,9-10H2,1H3,(H2,21,22,23).